The average Bonchev–Trinajstić information content (AvgIpc) is 2.15. The SMILES string of the molecule is Cc1cc(Br)cc(Cl)c1OCC(N)C(N)=O. The van der Waals surface area contributed by atoms with Crippen LogP contribution in [0.25, 0.3) is 0 Å². The Morgan fingerprint density at radius 3 is 2.75 bits per heavy atom. The standard InChI is InChI=1S/C10H12BrClN2O2/c1-5-2-6(11)3-7(12)9(5)16-4-8(13)10(14)15/h2-3,8H,4,13H2,1H3,(H2,14,15). The van der Waals surface area contributed by atoms with Gasteiger partial charge in [0.1, 0.15) is 18.4 Å². The van der Waals surface area contributed by atoms with E-state index in [9.17, 15) is 4.79 Å². The Hall–Kier alpha value is -0.780. The minimum atomic E-state index is -0.834. The summed E-state index contributed by atoms with van der Waals surface area (Å²) >= 11 is 9.30. The third-order valence-corrected chi connectivity index (χ3v) is 2.71. The van der Waals surface area contributed by atoms with Gasteiger partial charge in [-0.1, -0.05) is 27.5 Å². The second-order valence-corrected chi connectivity index (χ2v) is 4.68. The zero-order chi connectivity index (χ0) is 12.3. The summed E-state index contributed by atoms with van der Waals surface area (Å²) in [5, 5.41) is 0.462. The van der Waals surface area contributed by atoms with Gasteiger partial charge in [0.15, 0.2) is 0 Å². The Bertz CT molecular complexity index is 389. The largest absolute Gasteiger partial charge is 0.490 e. The molecule has 0 radical (unpaired) electrons. The van der Waals surface area contributed by atoms with Crippen LogP contribution in [0.15, 0.2) is 16.6 Å². The monoisotopic (exact) mass is 306 g/mol. The molecule has 1 aromatic carbocycles. The molecule has 0 aromatic heterocycles. The van der Waals surface area contributed by atoms with Crippen molar-refractivity contribution in [1.82, 2.24) is 0 Å². The van der Waals surface area contributed by atoms with Crippen molar-refractivity contribution in [3.8, 4) is 5.75 Å². The van der Waals surface area contributed by atoms with E-state index in [2.05, 4.69) is 15.9 Å². The molecule has 0 saturated heterocycles. The molecule has 0 heterocycles. The molecule has 1 amide bonds. The molecule has 1 unspecified atom stereocenters. The first kappa shape index (κ1) is 13.3. The van der Waals surface area contributed by atoms with E-state index in [4.69, 9.17) is 27.8 Å². The number of benzene rings is 1. The number of ether oxygens (including phenoxy) is 1. The second-order valence-electron chi connectivity index (χ2n) is 3.35. The van der Waals surface area contributed by atoms with Gasteiger partial charge >= 0.3 is 0 Å². The molecule has 0 aliphatic rings. The number of hydrogen-bond acceptors (Lipinski definition) is 3. The van der Waals surface area contributed by atoms with Gasteiger partial charge in [-0.25, -0.2) is 0 Å². The highest BCUT2D eigenvalue weighted by atomic mass is 79.9. The maximum atomic E-state index is 10.7. The number of primary amides is 1. The summed E-state index contributed by atoms with van der Waals surface area (Å²) in [6.45, 7) is 1.86. The zero-order valence-electron chi connectivity index (χ0n) is 8.67. The van der Waals surface area contributed by atoms with E-state index in [1.807, 2.05) is 13.0 Å². The van der Waals surface area contributed by atoms with Gasteiger partial charge in [-0.3, -0.25) is 4.79 Å². The van der Waals surface area contributed by atoms with Crippen molar-refractivity contribution in [2.45, 2.75) is 13.0 Å². The Morgan fingerprint density at radius 1 is 1.62 bits per heavy atom. The van der Waals surface area contributed by atoms with Crippen LogP contribution < -0.4 is 16.2 Å². The number of hydrogen-bond donors (Lipinski definition) is 2. The normalized spacial score (nSPS) is 12.2. The van der Waals surface area contributed by atoms with Crippen molar-refractivity contribution in [3.05, 3.63) is 27.2 Å². The second kappa shape index (κ2) is 5.52. The molecule has 6 heteroatoms. The van der Waals surface area contributed by atoms with E-state index in [-0.39, 0.29) is 6.61 Å². The molecule has 0 aliphatic heterocycles. The van der Waals surface area contributed by atoms with Gasteiger partial charge in [-0.2, -0.15) is 0 Å². The van der Waals surface area contributed by atoms with Crippen LogP contribution in [-0.4, -0.2) is 18.6 Å². The fourth-order valence-electron chi connectivity index (χ4n) is 1.13. The number of amides is 1. The highest BCUT2D eigenvalue weighted by Gasteiger charge is 2.13. The smallest absolute Gasteiger partial charge is 0.237 e. The van der Waals surface area contributed by atoms with Crippen molar-refractivity contribution >= 4 is 33.4 Å². The fraction of sp³-hybridized carbons (Fsp3) is 0.300. The number of carbonyl (C=O) groups excluding carboxylic acids is 1. The summed E-state index contributed by atoms with van der Waals surface area (Å²) < 4.78 is 6.23. The number of aryl methyl sites for hydroxylation is 1. The Kier molecular flexibility index (Phi) is 4.58. The van der Waals surface area contributed by atoms with Crippen molar-refractivity contribution in [3.63, 3.8) is 0 Å². The first-order valence-corrected chi connectivity index (χ1v) is 5.72. The van der Waals surface area contributed by atoms with E-state index in [0.717, 1.165) is 10.0 Å². The number of rotatable bonds is 4. The summed E-state index contributed by atoms with van der Waals surface area (Å²) in [5.41, 5.74) is 11.3. The lowest BCUT2D eigenvalue weighted by atomic mass is 10.2. The Morgan fingerprint density at radius 2 is 2.25 bits per heavy atom. The first-order chi connectivity index (χ1) is 7.41. The van der Waals surface area contributed by atoms with Gasteiger partial charge in [-0.05, 0) is 24.6 Å². The van der Waals surface area contributed by atoms with E-state index in [1.165, 1.54) is 0 Å². The molecule has 88 valence electrons. The Labute approximate surface area is 107 Å². The van der Waals surface area contributed by atoms with Crippen LogP contribution in [0.4, 0.5) is 0 Å². The summed E-state index contributed by atoms with van der Waals surface area (Å²) in [7, 11) is 0. The molecular weight excluding hydrogens is 295 g/mol. The van der Waals surface area contributed by atoms with Crippen molar-refractivity contribution in [2.24, 2.45) is 11.5 Å². The highest BCUT2D eigenvalue weighted by molar-refractivity contribution is 9.10. The molecule has 1 aromatic rings. The predicted molar refractivity (Wildman–Crippen MR) is 66.6 cm³/mol. The van der Waals surface area contributed by atoms with E-state index in [1.54, 1.807) is 6.07 Å². The van der Waals surface area contributed by atoms with E-state index in [0.29, 0.717) is 10.8 Å². The summed E-state index contributed by atoms with van der Waals surface area (Å²) in [4.78, 5) is 10.7. The summed E-state index contributed by atoms with van der Waals surface area (Å²) in [6.07, 6.45) is 0. The Balaban J connectivity index is 2.78. The molecule has 0 saturated carbocycles. The van der Waals surface area contributed by atoms with Crippen molar-refractivity contribution in [2.75, 3.05) is 6.61 Å². The number of nitrogens with two attached hydrogens (primary N) is 2. The molecule has 1 rings (SSSR count). The van der Waals surface area contributed by atoms with Gasteiger partial charge in [0, 0.05) is 4.47 Å². The molecule has 4 N–H and O–H groups in total. The molecule has 0 fully saturated rings. The van der Waals surface area contributed by atoms with E-state index < -0.39 is 11.9 Å². The average molecular weight is 308 g/mol. The van der Waals surface area contributed by atoms with Gasteiger partial charge in [0.2, 0.25) is 5.91 Å². The first-order valence-electron chi connectivity index (χ1n) is 4.55. The fourth-order valence-corrected chi connectivity index (χ4v) is 2.15. The van der Waals surface area contributed by atoms with E-state index >= 15 is 0 Å². The summed E-state index contributed by atoms with van der Waals surface area (Å²) in [6, 6.07) is 2.73. The lowest BCUT2D eigenvalue weighted by molar-refractivity contribution is -0.119. The van der Waals surface area contributed by atoms with Crippen LogP contribution in [0.1, 0.15) is 5.56 Å². The molecular formula is C10H12BrClN2O2. The van der Waals surface area contributed by atoms with Gasteiger partial charge in [-0.15, -0.1) is 0 Å². The van der Waals surface area contributed by atoms with Gasteiger partial charge in [0.05, 0.1) is 5.02 Å². The molecule has 16 heavy (non-hydrogen) atoms. The maximum Gasteiger partial charge on any atom is 0.237 e. The van der Waals surface area contributed by atoms with Crippen LogP contribution in [0.2, 0.25) is 5.02 Å². The minimum absolute atomic E-state index is 0.0114. The quantitative estimate of drug-likeness (QED) is 0.887. The van der Waals surface area contributed by atoms with Gasteiger partial charge in [0.25, 0.3) is 0 Å². The van der Waals surface area contributed by atoms with Crippen molar-refractivity contribution < 1.29 is 9.53 Å². The summed E-state index contributed by atoms with van der Waals surface area (Å²) in [5.74, 6) is -0.0903. The minimum Gasteiger partial charge on any atom is -0.490 e. The predicted octanol–water partition coefficient (Wildman–Crippen LogP) is 1.60. The zero-order valence-corrected chi connectivity index (χ0v) is 11.0. The van der Waals surface area contributed by atoms with Crippen LogP contribution in [0, 0.1) is 6.92 Å². The molecule has 0 bridgehead atoms. The van der Waals surface area contributed by atoms with Crippen LogP contribution in [-0.2, 0) is 4.79 Å². The molecule has 1 atom stereocenters. The van der Waals surface area contributed by atoms with Crippen LogP contribution in [0.3, 0.4) is 0 Å². The number of halogens is 2. The highest BCUT2D eigenvalue weighted by Crippen LogP contribution is 2.31. The van der Waals surface area contributed by atoms with Gasteiger partial charge < -0.3 is 16.2 Å². The third-order valence-electron chi connectivity index (χ3n) is 1.97. The number of carbonyl (C=O) groups is 1. The van der Waals surface area contributed by atoms with Crippen LogP contribution >= 0.6 is 27.5 Å². The van der Waals surface area contributed by atoms with Crippen molar-refractivity contribution in [1.29, 1.82) is 0 Å². The maximum absolute atomic E-state index is 10.7. The third kappa shape index (κ3) is 3.37. The van der Waals surface area contributed by atoms with Crippen LogP contribution in [0.5, 0.6) is 5.75 Å². The molecule has 4 nitrogen and oxygen atoms in total. The lowest BCUT2D eigenvalue weighted by Gasteiger charge is -2.13. The topological polar surface area (TPSA) is 78.3 Å². The molecule has 0 spiro atoms. The molecule has 0 aliphatic carbocycles. The lowest BCUT2D eigenvalue weighted by Crippen LogP contribution is -2.41.